The molecule has 0 radical (unpaired) electrons. The van der Waals surface area contributed by atoms with E-state index in [1.807, 2.05) is 13.0 Å². The second-order valence-electron chi connectivity index (χ2n) is 3.33. The van der Waals surface area contributed by atoms with Gasteiger partial charge in [0.25, 0.3) is 0 Å². The van der Waals surface area contributed by atoms with Gasteiger partial charge in [0.2, 0.25) is 0 Å². The third-order valence-electron chi connectivity index (χ3n) is 2.43. The lowest BCUT2D eigenvalue weighted by molar-refractivity contribution is 0.517. The number of benzene rings is 1. The quantitative estimate of drug-likeness (QED) is 0.910. The molecule has 0 bridgehead atoms. The highest BCUT2D eigenvalue weighted by Crippen LogP contribution is 2.31. The average molecular weight is 272 g/mol. The van der Waals surface area contributed by atoms with Gasteiger partial charge in [-0.15, -0.1) is 0 Å². The number of hydrogen-bond donors (Lipinski definition) is 1. The summed E-state index contributed by atoms with van der Waals surface area (Å²) in [5.74, 6) is 0.318. The van der Waals surface area contributed by atoms with Gasteiger partial charge in [0.05, 0.1) is 6.54 Å². The topological polar surface area (TPSA) is 39.2 Å². The van der Waals surface area contributed by atoms with E-state index in [4.69, 9.17) is 10.2 Å². The van der Waals surface area contributed by atoms with Crippen LogP contribution in [0.25, 0.3) is 11.0 Å². The molecule has 0 unspecified atom stereocenters. The van der Waals surface area contributed by atoms with Gasteiger partial charge in [-0.05, 0) is 18.6 Å². The van der Waals surface area contributed by atoms with E-state index in [-0.39, 0.29) is 5.82 Å². The van der Waals surface area contributed by atoms with Crippen molar-refractivity contribution in [3.63, 3.8) is 0 Å². The van der Waals surface area contributed by atoms with Gasteiger partial charge in [-0.25, -0.2) is 4.39 Å². The van der Waals surface area contributed by atoms with Crippen molar-refractivity contribution in [2.75, 3.05) is 0 Å². The second-order valence-corrected chi connectivity index (χ2v) is 4.24. The summed E-state index contributed by atoms with van der Waals surface area (Å²) in [5.41, 5.74) is 6.84. The van der Waals surface area contributed by atoms with Gasteiger partial charge in [-0.2, -0.15) is 0 Å². The normalized spacial score (nSPS) is 11.2. The first kappa shape index (κ1) is 10.6. The Balaban J connectivity index is 2.82. The fourth-order valence-electron chi connectivity index (χ4n) is 1.78. The van der Waals surface area contributed by atoms with Gasteiger partial charge in [0, 0.05) is 15.4 Å². The summed E-state index contributed by atoms with van der Waals surface area (Å²) in [5, 5.41) is 0.810. The molecule has 0 spiro atoms. The van der Waals surface area contributed by atoms with Crippen LogP contribution < -0.4 is 5.73 Å². The van der Waals surface area contributed by atoms with Gasteiger partial charge in [0.1, 0.15) is 5.76 Å². The molecule has 80 valence electrons. The molecule has 0 aliphatic heterocycles. The number of rotatable bonds is 2. The molecule has 15 heavy (non-hydrogen) atoms. The van der Waals surface area contributed by atoms with E-state index in [0.717, 1.165) is 17.4 Å². The summed E-state index contributed by atoms with van der Waals surface area (Å²) < 4.78 is 19.7. The van der Waals surface area contributed by atoms with Crippen molar-refractivity contribution in [2.45, 2.75) is 19.9 Å². The van der Waals surface area contributed by atoms with E-state index in [1.165, 1.54) is 6.07 Å². The lowest BCUT2D eigenvalue weighted by Gasteiger charge is -1.96. The van der Waals surface area contributed by atoms with Crippen LogP contribution in [0.4, 0.5) is 4.39 Å². The van der Waals surface area contributed by atoms with Gasteiger partial charge in [-0.3, -0.25) is 0 Å². The highest BCUT2D eigenvalue weighted by molar-refractivity contribution is 9.10. The summed E-state index contributed by atoms with van der Waals surface area (Å²) in [6.07, 6.45) is 0.787. The standard InChI is InChI=1S/C11H11BrFNO/c1-2-7-8-3-6(12)4-9(13)11(8)15-10(7)5-14/h3-4H,2,5,14H2,1H3. The molecule has 0 atom stereocenters. The molecule has 1 heterocycles. The van der Waals surface area contributed by atoms with Crippen LogP contribution >= 0.6 is 15.9 Å². The molecule has 2 nitrogen and oxygen atoms in total. The molecule has 0 aliphatic carbocycles. The van der Waals surface area contributed by atoms with E-state index in [2.05, 4.69) is 15.9 Å². The SMILES string of the molecule is CCc1c(CN)oc2c(F)cc(Br)cc12. The molecule has 0 fully saturated rings. The number of fused-ring (bicyclic) bond motifs is 1. The number of halogens is 2. The molecule has 2 rings (SSSR count). The van der Waals surface area contributed by atoms with Crippen LogP contribution in [-0.4, -0.2) is 0 Å². The average Bonchev–Trinajstić information content (AvgIpc) is 2.55. The minimum atomic E-state index is -0.353. The molecular weight excluding hydrogens is 261 g/mol. The summed E-state index contributed by atoms with van der Waals surface area (Å²) in [7, 11) is 0. The highest BCUT2D eigenvalue weighted by atomic mass is 79.9. The minimum Gasteiger partial charge on any atom is -0.456 e. The van der Waals surface area contributed by atoms with Crippen molar-refractivity contribution in [3.05, 3.63) is 33.7 Å². The molecule has 2 aromatic rings. The molecular formula is C11H11BrFNO. The third kappa shape index (κ3) is 1.68. The first-order chi connectivity index (χ1) is 7.17. The Kier molecular flexibility index (Phi) is 2.80. The maximum atomic E-state index is 13.5. The van der Waals surface area contributed by atoms with Crippen LogP contribution in [-0.2, 0) is 13.0 Å². The lowest BCUT2D eigenvalue weighted by atomic mass is 10.1. The van der Waals surface area contributed by atoms with Crippen LogP contribution in [0.5, 0.6) is 0 Å². The monoisotopic (exact) mass is 271 g/mol. The predicted molar refractivity (Wildman–Crippen MR) is 61.1 cm³/mol. The highest BCUT2D eigenvalue weighted by Gasteiger charge is 2.15. The molecule has 0 amide bonds. The summed E-state index contributed by atoms with van der Waals surface area (Å²) in [4.78, 5) is 0. The fraction of sp³-hybridized carbons (Fsp3) is 0.273. The number of aryl methyl sites for hydroxylation is 1. The molecule has 4 heteroatoms. The van der Waals surface area contributed by atoms with E-state index in [1.54, 1.807) is 0 Å². The summed E-state index contributed by atoms with van der Waals surface area (Å²) in [6, 6.07) is 3.26. The van der Waals surface area contributed by atoms with Gasteiger partial charge in [-0.1, -0.05) is 22.9 Å². The fourth-order valence-corrected chi connectivity index (χ4v) is 2.21. The second kappa shape index (κ2) is 3.94. The van der Waals surface area contributed by atoms with Crippen molar-refractivity contribution < 1.29 is 8.81 Å². The number of hydrogen-bond acceptors (Lipinski definition) is 2. The van der Waals surface area contributed by atoms with Crippen molar-refractivity contribution in [2.24, 2.45) is 5.73 Å². The molecule has 0 saturated heterocycles. The zero-order valence-electron chi connectivity index (χ0n) is 8.31. The molecule has 1 aromatic carbocycles. The largest absolute Gasteiger partial charge is 0.456 e. The van der Waals surface area contributed by atoms with E-state index < -0.39 is 0 Å². The van der Waals surface area contributed by atoms with Gasteiger partial charge >= 0.3 is 0 Å². The third-order valence-corrected chi connectivity index (χ3v) is 2.89. The Morgan fingerprint density at radius 1 is 1.47 bits per heavy atom. The molecule has 1 aromatic heterocycles. The van der Waals surface area contributed by atoms with E-state index in [0.29, 0.717) is 22.4 Å². The van der Waals surface area contributed by atoms with Crippen molar-refractivity contribution in [1.82, 2.24) is 0 Å². The maximum Gasteiger partial charge on any atom is 0.170 e. The van der Waals surface area contributed by atoms with Crippen LogP contribution in [0.2, 0.25) is 0 Å². The van der Waals surface area contributed by atoms with Crippen LogP contribution in [0.1, 0.15) is 18.2 Å². The Morgan fingerprint density at radius 2 is 2.20 bits per heavy atom. The molecule has 0 aliphatic rings. The van der Waals surface area contributed by atoms with Gasteiger partial charge < -0.3 is 10.2 Å². The first-order valence-corrected chi connectivity index (χ1v) is 5.56. The van der Waals surface area contributed by atoms with Crippen LogP contribution in [0.3, 0.4) is 0 Å². The Bertz CT molecular complexity index is 507. The Morgan fingerprint density at radius 3 is 2.80 bits per heavy atom. The minimum absolute atomic E-state index is 0.301. The number of furan rings is 1. The van der Waals surface area contributed by atoms with Crippen LogP contribution in [0, 0.1) is 5.82 Å². The summed E-state index contributed by atoms with van der Waals surface area (Å²) >= 11 is 3.26. The zero-order chi connectivity index (χ0) is 11.0. The predicted octanol–water partition coefficient (Wildman–Crippen LogP) is 3.36. The first-order valence-electron chi connectivity index (χ1n) is 4.76. The Labute approximate surface area is 95.4 Å². The van der Waals surface area contributed by atoms with E-state index in [9.17, 15) is 4.39 Å². The molecule has 0 saturated carbocycles. The Hall–Kier alpha value is -0.870. The zero-order valence-corrected chi connectivity index (χ0v) is 9.90. The summed E-state index contributed by atoms with van der Waals surface area (Å²) in [6.45, 7) is 2.30. The van der Waals surface area contributed by atoms with E-state index >= 15 is 0 Å². The van der Waals surface area contributed by atoms with Crippen molar-refractivity contribution in [1.29, 1.82) is 0 Å². The van der Waals surface area contributed by atoms with Crippen molar-refractivity contribution >= 4 is 26.9 Å². The lowest BCUT2D eigenvalue weighted by Crippen LogP contribution is -1.97. The smallest absolute Gasteiger partial charge is 0.170 e. The molecule has 2 N–H and O–H groups in total. The van der Waals surface area contributed by atoms with Crippen molar-refractivity contribution in [3.8, 4) is 0 Å². The van der Waals surface area contributed by atoms with Crippen LogP contribution in [0.15, 0.2) is 21.0 Å². The number of nitrogens with two attached hydrogens (primary N) is 1. The van der Waals surface area contributed by atoms with Gasteiger partial charge in [0.15, 0.2) is 11.4 Å². The maximum absolute atomic E-state index is 13.5.